The highest BCUT2D eigenvalue weighted by Gasteiger charge is 2.34. The van der Waals surface area contributed by atoms with E-state index in [1.54, 1.807) is 0 Å². The van der Waals surface area contributed by atoms with Gasteiger partial charge in [-0.2, -0.15) is 0 Å². The minimum absolute atomic E-state index is 0.359. The second-order valence-electron chi connectivity index (χ2n) is 7.40. The lowest BCUT2D eigenvalue weighted by Crippen LogP contribution is -2.23. The fourth-order valence-electron chi connectivity index (χ4n) is 4.21. The van der Waals surface area contributed by atoms with Crippen LogP contribution in [0.2, 0.25) is 0 Å². The Hall–Kier alpha value is -3.60. The van der Waals surface area contributed by atoms with Crippen LogP contribution in [0, 0.1) is 0 Å². The highest BCUT2D eigenvalue weighted by atomic mass is 16.2. The molecule has 0 radical (unpaired) electrons. The van der Waals surface area contributed by atoms with Gasteiger partial charge in [-0.15, -0.1) is 0 Å². The Labute approximate surface area is 168 Å². The van der Waals surface area contributed by atoms with Crippen LogP contribution >= 0.6 is 0 Å². The number of aromatic nitrogens is 2. The van der Waals surface area contributed by atoms with E-state index in [1.165, 1.54) is 5.56 Å². The van der Waals surface area contributed by atoms with Crippen LogP contribution in [-0.4, -0.2) is 21.4 Å². The van der Waals surface area contributed by atoms with Gasteiger partial charge in [0, 0.05) is 34.2 Å². The molecule has 0 atom stereocenters. The third-order valence-electron chi connectivity index (χ3n) is 5.60. The van der Waals surface area contributed by atoms with E-state index in [1.807, 2.05) is 59.4 Å². The van der Waals surface area contributed by atoms with Crippen molar-refractivity contribution in [3.05, 3.63) is 72.1 Å². The zero-order valence-corrected chi connectivity index (χ0v) is 16.2. The molecule has 1 aliphatic rings. The molecule has 5 heteroatoms. The van der Waals surface area contributed by atoms with Crippen LogP contribution in [0.5, 0.6) is 0 Å². The first-order chi connectivity index (χ1) is 14.2. The second kappa shape index (κ2) is 6.78. The number of aromatic amines is 1. The van der Waals surface area contributed by atoms with Gasteiger partial charge in [-0.3, -0.25) is 14.9 Å². The normalized spacial score (nSPS) is 14.4. The van der Waals surface area contributed by atoms with Gasteiger partial charge in [-0.25, -0.2) is 0 Å². The van der Waals surface area contributed by atoms with Crippen molar-refractivity contribution in [3.8, 4) is 0 Å². The monoisotopic (exact) mass is 383 g/mol. The van der Waals surface area contributed by atoms with Gasteiger partial charge in [-0.05, 0) is 30.5 Å². The van der Waals surface area contributed by atoms with Gasteiger partial charge in [0.1, 0.15) is 5.70 Å². The van der Waals surface area contributed by atoms with Crippen molar-refractivity contribution >= 4 is 44.9 Å². The molecule has 2 aromatic heterocycles. The van der Waals surface area contributed by atoms with E-state index in [4.69, 9.17) is 0 Å². The summed E-state index contributed by atoms with van der Waals surface area (Å²) < 4.78 is 1.89. The molecule has 5 nitrogen and oxygen atoms in total. The van der Waals surface area contributed by atoms with Crippen LogP contribution in [0.1, 0.15) is 30.9 Å². The Kier molecular flexibility index (Phi) is 4.09. The van der Waals surface area contributed by atoms with E-state index in [0.29, 0.717) is 11.3 Å². The van der Waals surface area contributed by atoms with Crippen molar-refractivity contribution in [2.45, 2.75) is 26.2 Å². The minimum atomic E-state index is -0.363. The van der Waals surface area contributed by atoms with E-state index >= 15 is 0 Å². The van der Waals surface area contributed by atoms with E-state index in [2.05, 4.69) is 23.3 Å². The van der Waals surface area contributed by atoms with Crippen LogP contribution in [0.3, 0.4) is 0 Å². The summed E-state index contributed by atoms with van der Waals surface area (Å²) in [5, 5.41) is 4.55. The summed E-state index contributed by atoms with van der Waals surface area (Å²) in [5.41, 5.74) is 4.61. The van der Waals surface area contributed by atoms with Crippen LogP contribution in [0.15, 0.2) is 60.9 Å². The summed E-state index contributed by atoms with van der Waals surface area (Å²) in [6, 6.07) is 15.8. The first-order valence-corrected chi connectivity index (χ1v) is 9.95. The van der Waals surface area contributed by atoms with Gasteiger partial charge in [-0.1, -0.05) is 49.7 Å². The predicted molar refractivity (Wildman–Crippen MR) is 115 cm³/mol. The second-order valence-corrected chi connectivity index (χ2v) is 7.40. The first-order valence-electron chi connectivity index (χ1n) is 9.95. The summed E-state index contributed by atoms with van der Waals surface area (Å²) in [7, 11) is 0. The lowest BCUT2D eigenvalue weighted by molar-refractivity contribution is -0.122. The van der Waals surface area contributed by atoms with Gasteiger partial charge >= 0.3 is 0 Å². The maximum absolute atomic E-state index is 12.9. The van der Waals surface area contributed by atoms with Gasteiger partial charge in [0.2, 0.25) is 0 Å². The average molecular weight is 383 g/mol. The average Bonchev–Trinajstić information content (AvgIpc) is 3.39. The third kappa shape index (κ3) is 2.70. The lowest BCUT2D eigenvalue weighted by Gasteiger charge is -2.07. The summed E-state index contributed by atoms with van der Waals surface area (Å²) >= 11 is 0. The zero-order valence-electron chi connectivity index (χ0n) is 16.2. The number of para-hydroxylation sites is 2. The van der Waals surface area contributed by atoms with Crippen molar-refractivity contribution in [3.63, 3.8) is 0 Å². The van der Waals surface area contributed by atoms with Crippen LogP contribution < -0.4 is 5.32 Å². The van der Waals surface area contributed by atoms with E-state index in [-0.39, 0.29) is 11.8 Å². The smallest absolute Gasteiger partial charge is 0.275 e. The zero-order chi connectivity index (χ0) is 20.0. The highest BCUT2D eigenvalue weighted by molar-refractivity contribution is 6.47. The molecule has 0 unspecified atom stereocenters. The molecule has 5 rings (SSSR count). The summed E-state index contributed by atoms with van der Waals surface area (Å²) in [5.74, 6) is -0.722. The summed E-state index contributed by atoms with van der Waals surface area (Å²) in [4.78, 5) is 28.9. The number of H-pyrrole nitrogens is 1. The van der Waals surface area contributed by atoms with Crippen LogP contribution in [0.4, 0.5) is 0 Å². The van der Waals surface area contributed by atoms with Crippen molar-refractivity contribution < 1.29 is 9.59 Å². The quantitative estimate of drug-likeness (QED) is 0.499. The molecule has 0 bridgehead atoms. The number of rotatable bonds is 5. The van der Waals surface area contributed by atoms with Gasteiger partial charge in [0.25, 0.3) is 11.8 Å². The van der Waals surface area contributed by atoms with Gasteiger partial charge < -0.3 is 9.55 Å². The van der Waals surface area contributed by atoms with Crippen LogP contribution in [0.25, 0.3) is 33.1 Å². The number of nitrogens with one attached hydrogen (secondary N) is 2. The Balaban J connectivity index is 1.79. The molecule has 0 aliphatic carbocycles. The molecular weight excluding hydrogens is 362 g/mol. The maximum Gasteiger partial charge on any atom is 0.275 e. The SMILES string of the molecule is CCCCc1cn(C2=C(c3c[nH]c4ccccc34)C(=O)NC2=O)c2ccccc12. The van der Waals surface area contributed by atoms with Crippen molar-refractivity contribution in [2.75, 3.05) is 0 Å². The number of aryl methyl sites for hydroxylation is 1. The predicted octanol–water partition coefficient (Wildman–Crippen LogP) is 4.49. The molecule has 2 amide bonds. The Bertz CT molecular complexity index is 1310. The van der Waals surface area contributed by atoms with Crippen molar-refractivity contribution in [1.82, 2.24) is 14.9 Å². The van der Waals surface area contributed by atoms with E-state index in [0.717, 1.165) is 46.6 Å². The van der Waals surface area contributed by atoms with E-state index in [9.17, 15) is 9.59 Å². The number of carbonyl (C=O) groups excluding carboxylic acids is 2. The maximum atomic E-state index is 12.9. The number of carbonyl (C=O) groups is 2. The number of imide groups is 1. The topological polar surface area (TPSA) is 66.9 Å². The Morgan fingerprint density at radius 2 is 1.69 bits per heavy atom. The standard InChI is InChI=1S/C24H21N3O2/c1-2-3-8-15-14-27(20-12-7-5-9-16(15)20)22-21(23(28)26-24(22)29)18-13-25-19-11-6-4-10-17(18)19/h4-7,9-14,25H,2-3,8H2,1H3,(H,26,28,29). The van der Waals surface area contributed by atoms with E-state index < -0.39 is 0 Å². The minimum Gasteiger partial charge on any atom is -0.361 e. The molecule has 0 saturated carbocycles. The Morgan fingerprint density at radius 3 is 2.52 bits per heavy atom. The van der Waals surface area contributed by atoms with Gasteiger partial charge in [0.05, 0.1) is 11.1 Å². The number of amides is 2. The lowest BCUT2D eigenvalue weighted by atomic mass is 10.0. The fraction of sp³-hybridized carbons (Fsp3) is 0.167. The molecule has 0 saturated heterocycles. The third-order valence-corrected chi connectivity index (χ3v) is 5.60. The fourth-order valence-corrected chi connectivity index (χ4v) is 4.21. The van der Waals surface area contributed by atoms with Gasteiger partial charge in [0.15, 0.2) is 0 Å². The largest absolute Gasteiger partial charge is 0.361 e. The van der Waals surface area contributed by atoms with Crippen LogP contribution in [-0.2, 0) is 16.0 Å². The highest BCUT2D eigenvalue weighted by Crippen LogP contribution is 2.35. The molecule has 144 valence electrons. The Morgan fingerprint density at radius 1 is 0.931 bits per heavy atom. The molecule has 1 aliphatic heterocycles. The van der Waals surface area contributed by atoms with Crippen molar-refractivity contribution in [2.24, 2.45) is 0 Å². The number of hydrogen-bond donors (Lipinski definition) is 2. The molecular formula is C24H21N3O2. The summed E-state index contributed by atoms with van der Waals surface area (Å²) in [6.45, 7) is 2.17. The molecule has 4 aromatic rings. The number of fused-ring (bicyclic) bond motifs is 2. The number of unbranched alkanes of at least 4 members (excludes halogenated alkanes) is 1. The molecule has 29 heavy (non-hydrogen) atoms. The van der Waals surface area contributed by atoms with Crippen molar-refractivity contribution in [1.29, 1.82) is 0 Å². The summed E-state index contributed by atoms with van der Waals surface area (Å²) in [6.07, 6.45) is 6.94. The number of nitrogens with zero attached hydrogens (tertiary/aromatic N) is 1. The molecule has 0 spiro atoms. The number of hydrogen-bond acceptors (Lipinski definition) is 2. The molecule has 2 N–H and O–H groups in total. The molecule has 2 aromatic carbocycles. The number of benzene rings is 2. The first kappa shape index (κ1) is 17.5. The molecule has 3 heterocycles. The molecule has 0 fully saturated rings.